The quantitative estimate of drug-likeness (QED) is 0.464. The maximum Gasteiger partial charge on any atom is 0.311 e. The zero-order chi connectivity index (χ0) is 25.5. The van der Waals surface area contributed by atoms with Crippen LogP contribution in [0.25, 0.3) is 0 Å². The summed E-state index contributed by atoms with van der Waals surface area (Å²) >= 11 is 0. The van der Waals surface area contributed by atoms with Gasteiger partial charge in [0.05, 0.1) is 31.9 Å². The van der Waals surface area contributed by atoms with Crippen LogP contribution in [0.15, 0.2) is 78.9 Å². The third-order valence-electron chi connectivity index (χ3n) is 6.07. The van der Waals surface area contributed by atoms with Crippen LogP contribution < -0.4 is 19.7 Å². The molecule has 0 bridgehead atoms. The van der Waals surface area contributed by atoms with Crippen LogP contribution in [-0.4, -0.2) is 45.2 Å². The second-order valence-corrected chi connectivity index (χ2v) is 8.37. The zero-order valence-electron chi connectivity index (χ0n) is 20.2. The summed E-state index contributed by atoms with van der Waals surface area (Å²) in [6.45, 7) is -0.282. The van der Waals surface area contributed by atoms with Gasteiger partial charge in [-0.05, 0) is 35.4 Å². The van der Waals surface area contributed by atoms with Gasteiger partial charge in [-0.3, -0.25) is 14.4 Å². The molecule has 0 spiro atoms. The third-order valence-corrected chi connectivity index (χ3v) is 6.07. The summed E-state index contributed by atoms with van der Waals surface area (Å²) in [6.07, 6.45) is 0.0109. The van der Waals surface area contributed by atoms with Crippen LogP contribution in [0.3, 0.4) is 0 Å². The predicted octanol–water partition coefficient (Wildman–Crippen LogP) is 3.51. The van der Waals surface area contributed by atoms with Gasteiger partial charge in [0.1, 0.15) is 11.5 Å². The first-order chi connectivity index (χ1) is 17.5. The van der Waals surface area contributed by atoms with E-state index in [1.54, 1.807) is 25.3 Å². The largest absolute Gasteiger partial charge is 0.497 e. The van der Waals surface area contributed by atoms with E-state index in [0.29, 0.717) is 17.2 Å². The number of methoxy groups -OCH3 is 2. The van der Waals surface area contributed by atoms with Crippen molar-refractivity contribution in [2.24, 2.45) is 5.92 Å². The highest BCUT2D eigenvalue weighted by atomic mass is 16.5. The summed E-state index contributed by atoms with van der Waals surface area (Å²) in [5.74, 6) is -0.643. The van der Waals surface area contributed by atoms with Gasteiger partial charge in [0.2, 0.25) is 5.91 Å². The summed E-state index contributed by atoms with van der Waals surface area (Å²) in [6, 6.07) is 23.6. The van der Waals surface area contributed by atoms with Gasteiger partial charge in [-0.25, -0.2) is 0 Å². The molecule has 1 aliphatic rings. The van der Waals surface area contributed by atoms with E-state index >= 15 is 0 Å². The number of benzene rings is 3. The lowest BCUT2D eigenvalue weighted by molar-refractivity contribution is -0.152. The van der Waals surface area contributed by atoms with Crippen molar-refractivity contribution >= 4 is 23.5 Å². The van der Waals surface area contributed by atoms with Crippen LogP contribution in [0.5, 0.6) is 11.5 Å². The van der Waals surface area contributed by atoms with Crippen LogP contribution in [0, 0.1) is 5.92 Å². The summed E-state index contributed by atoms with van der Waals surface area (Å²) < 4.78 is 15.9. The van der Waals surface area contributed by atoms with E-state index in [4.69, 9.17) is 14.2 Å². The van der Waals surface area contributed by atoms with Gasteiger partial charge in [0.15, 0.2) is 6.61 Å². The molecule has 186 valence electrons. The van der Waals surface area contributed by atoms with Crippen molar-refractivity contribution < 1.29 is 28.6 Å². The second-order valence-electron chi connectivity index (χ2n) is 8.37. The lowest BCUT2D eigenvalue weighted by atomic mass is 9.98. The minimum absolute atomic E-state index is 0.0109. The van der Waals surface area contributed by atoms with E-state index in [2.05, 4.69) is 5.32 Å². The highest BCUT2D eigenvalue weighted by molar-refractivity contribution is 6.00. The second kappa shape index (κ2) is 11.4. The van der Waals surface area contributed by atoms with Gasteiger partial charge in [0.25, 0.3) is 5.91 Å². The maximum absolute atomic E-state index is 12.8. The predicted molar refractivity (Wildman–Crippen MR) is 134 cm³/mol. The molecule has 1 saturated heterocycles. The fraction of sp³-hybridized carbons (Fsp3) is 0.250. The average molecular weight is 489 g/mol. The Bertz CT molecular complexity index is 1210. The maximum atomic E-state index is 12.8. The SMILES string of the molecule is COc1ccc([C@H](NC(=O)COC(=O)[C@H]2CC(=O)N(c3ccccc3OC)C2)c2ccccc2)cc1. The Kier molecular flexibility index (Phi) is 7.85. The van der Waals surface area contributed by atoms with Crippen LogP contribution in [0.2, 0.25) is 0 Å². The van der Waals surface area contributed by atoms with E-state index in [-0.39, 0.29) is 18.9 Å². The molecular formula is C28H28N2O6. The van der Waals surface area contributed by atoms with Crippen molar-refractivity contribution in [1.29, 1.82) is 0 Å². The summed E-state index contributed by atoms with van der Waals surface area (Å²) in [5.41, 5.74) is 2.34. The first-order valence-corrected chi connectivity index (χ1v) is 11.6. The molecule has 36 heavy (non-hydrogen) atoms. The van der Waals surface area contributed by atoms with Gasteiger partial charge >= 0.3 is 5.97 Å². The minimum Gasteiger partial charge on any atom is -0.497 e. The van der Waals surface area contributed by atoms with Gasteiger partial charge in [-0.2, -0.15) is 0 Å². The molecule has 8 heteroatoms. The highest BCUT2D eigenvalue weighted by Gasteiger charge is 2.37. The van der Waals surface area contributed by atoms with E-state index in [1.165, 1.54) is 12.0 Å². The number of hydrogen-bond acceptors (Lipinski definition) is 6. The van der Waals surface area contributed by atoms with Crippen LogP contribution in [0.1, 0.15) is 23.6 Å². The third kappa shape index (κ3) is 5.66. The molecule has 8 nitrogen and oxygen atoms in total. The number of nitrogens with one attached hydrogen (secondary N) is 1. The topological polar surface area (TPSA) is 94.2 Å². The smallest absolute Gasteiger partial charge is 0.311 e. The monoisotopic (exact) mass is 488 g/mol. The molecule has 0 unspecified atom stereocenters. The molecule has 1 aliphatic heterocycles. The first kappa shape index (κ1) is 24.8. The Balaban J connectivity index is 1.38. The fourth-order valence-electron chi connectivity index (χ4n) is 4.21. The fourth-order valence-corrected chi connectivity index (χ4v) is 4.21. The number of rotatable bonds is 9. The van der Waals surface area contributed by atoms with Crippen molar-refractivity contribution in [1.82, 2.24) is 5.32 Å². The van der Waals surface area contributed by atoms with Crippen molar-refractivity contribution in [2.45, 2.75) is 12.5 Å². The molecule has 0 aromatic heterocycles. The van der Waals surface area contributed by atoms with Gasteiger partial charge in [0, 0.05) is 13.0 Å². The van der Waals surface area contributed by atoms with E-state index in [1.807, 2.05) is 60.7 Å². The molecule has 4 rings (SSSR count). The van der Waals surface area contributed by atoms with E-state index in [9.17, 15) is 14.4 Å². The number of carbonyl (C=O) groups is 3. The Hall–Kier alpha value is -4.33. The number of carbonyl (C=O) groups excluding carboxylic acids is 3. The molecule has 1 heterocycles. The molecule has 0 aliphatic carbocycles. The molecule has 1 fully saturated rings. The van der Waals surface area contributed by atoms with Crippen LogP contribution in [0.4, 0.5) is 5.69 Å². The van der Waals surface area contributed by atoms with E-state index in [0.717, 1.165) is 11.1 Å². The normalized spacial score (nSPS) is 15.8. The Labute approximate surface area is 209 Å². The van der Waals surface area contributed by atoms with Crippen molar-refractivity contribution in [3.63, 3.8) is 0 Å². The molecule has 1 N–H and O–H groups in total. The number of amides is 2. The number of para-hydroxylation sites is 2. The molecule has 2 atom stereocenters. The molecular weight excluding hydrogens is 460 g/mol. The average Bonchev–Trinajstić information content (AvgIpc) is 3.32. The number of esters is 1. The van der Waals surface area contributed by atoms with Gasteiger partial charge in [-0.15, -0.1) is 0 Å². The molecule has 2 amide bonds. The first-order valence-electron chi connectivity index (χ1n) is 11.6. The molecule has 3 aromatic carbocycles. The van der Waals surface area contributed by atoms with Crippen LogP contribution >= 0.6 is 0 Å². The molecule has 0 radical (unpaired) electrons. The van der Waals surface area contributed by atoms with Gasteiger partial charge in [-0.1, -0.05) is 54.6 Å². The number of hydrogen-bond donors (Lipinski definition) is 1. The zero-order valence-corrected chi connectivity index (χ0v) is 20.2. The number of nitrogens with zero attached hydrogens (tertiary/aromatic N) is 1. The van der Waals surface area contributed by atoms with Gasteiger partial charge < -0.3 is 24.4 Å². The minimum atomic E-state index is -0.665. The summed E-state index contributed by atoms with van der Waals surface area (Å²) in [7, 11) is 3.12. The molecule has 0 saturated carbocycles. The highest BCUT2D eigenvalue weighted by Crippen LogP contribution is 2.33. The van der Waals surface area contributed by atoms with Crippen molar-refractivity contribution in [2.75, 3.05) is 32.3 Å². The lowest BCUT2D eigenvalue weighted by Gasteiger charge is -2.21. The molecule has 3 aromatic rings. The standard InChI is InChI=1S/C28H28N2O6/c1-34-22-14-12-20(13-15-22)27(19-8-4-3-5-9-19)29-25(31)18-36-28(33)21-16-26(32)30(17-21)23-10-6-7-11-24(23)35-2/h3-15,21,27H,16-18H2,1-2H3,(H,29,31)/t21-,27+/m0/s1. The van der Waals surface area contributed by atoms with Crippen molar-refractivity contribution in [3.05, 3.63) is 90.0 Å². The van der Waals surface area contributed by atoms with Crippen molar-refractivity contribution in [3.8, 4) is 11.5 Å². The Morgan fingerprint density at radius 1 is 0.917 bits per heavy atom. The summed E-state index contributed by atoms with van der Waals surface area (Å²) in [5, 5.41) is 2.94. The number of ether oxygens (including phenoxy) is 3. The summed E-state index contributed by atoms with van der Waals surface area (Å²) in [4.78, 5) is 39.6. The Morgan fingerprint density at radius 3 is 2.28 bits per heavy atom. The van der Waals surface area contributed by atoms with E-state index < -0.39 is 30.4 Å². The number of anilines is 1. The lowest BCUT2D eigenvalue weighted by Crippen LogP contribution is -2.34. The van der Waals surface area contributed by atoms with Crippen LogP contribution in [-0.2, 0) is 19.1 Å². The Morgan fingerprint density at radius 2 is 1.58 bits per heavy atom.